The summed E-state index contributed by atoms with van der Waals surface area (Å²) in [5.41, 5.74) is 0. The second kappa shape index (κ2) is 6.40. The first-order valence-corrected chi connectivity index (χ1v) is 5.73. The van der Waals surface area contributed by atoms with E-state index in [2.05, 4.69) is 46.3 Å². The molecular weight excluding hydrogens is 246 g/mol. The van der Waals surface area contributed by atoms with E-state index in [0.29, 0.717) is 18.5 Å². The number of hydrogen-bond donors (Lipinski definition) is 0. The van der Waals surface area contributed by atoms with Crippen LogP contribution < -0.4 is 0 Å². The monoisotopic (exact) mass is 265 g/mol. The van der Waals surface area contributed by atoms with Crippen LogP contribution in [-0.2, 0) is 9.53 Å². The minimum absolute atomic E-state index is 0.215. The molecule has 0 aliphatic carbocycles. The Morgan fingerprint density at radius 1 is 1.43 bits per heavy atom. The zero-order valence-corrected chi connectivity index (χ0v) is 11.2. The second-order valence-electron chi connectivity index (χ2n) is 3.91. The summed E-state index contributed by atoms with van der Waals surface area (Å²) in [6, 6.07) is 0.458. The molecule has 0 bridgehead atoms. The van der Waals surface area contributed by atoms with Crippen molar-refractivity contribution in [1.29, 1.82) is 0 Å². The number of carbonyl (C=O) groups excluding carboxylic acids is 1. The van der Waals surface area contributed by atoms with Gasteiger partial charge in [-0.25, -0.2) is 0 Å². The lowest BCUT2D eigenvalue weighted by atomic mass is 10.1. The predicted molar refractivity (Wildman–Crippen MR) is 61.7 cm³/mol. The highest BCUT2D eigenvalue weighted by molar-refractivity contribution is 9.10. The van der Waals surface area contributed by atoms with Gasteiger partial charge in [-0.3, -0.25) is 4.79 Å². The molecule has 14 heavy (non-hydrogen) atoms. The molecule has 0 rings (SSSR count). The maximum Gasteiger partial charge on any atom is 0.320 e. The molecule has 0 spiro atoms. The first kappa shape index (κ1) is 13.9. The van der Waals surface area contributed by atoms with Gasteiger partial charge in [0.05, 0.1) is 7.11 Å². The van der Waals surface area contributed by atoms with E-state index < -0.39 is 0 Å². The van der Waals surface area contributed by atoms with Gasteiger partial charge in [0, 0.05) is 12.6 Å². The summed E-state index contributed by atoms with van der Waals surface area (Å²) >= 11 is 3.31. The molecule has 0 amide bonds. The summed E-state index contributed by atoms with van der Waals surface area (Å²) in [6.45, 7) is 7.17. The second-order valence-corrected chi connectivity index (χ2v) is 5.02. The van der Waals surface area contributed by atoms with Gasteiger partial charge in [0.15, 0.2) is 0 Å². The average Bonchev–Trinajstić information content (AvgIpc) is 2.14. The maximum atomic E-state index is 11.1. The highest BCUT2D eigenvalue weighted by Gasteiger charge is 2.21. The lowest BCUT2D eigenvalue weighted by Crippen LogP contribution is -2.39. The van der Waals surface area contributed by atoms with Gasteiger partial charge in [-0.15, -0.1) is 0 Å². The van der Waals surface area contributed by atoms with Crippen LogP contribution in [0.3, 0.4) is 0 Å². The third kappa shape index (κ3) is 4.42. The Labute approximate surface area is 94.9 Å². The lowest BCUT2D eigenvalue weighted by molar-refractivity contribution is -0.140. The number of hydrogen-bond acceptors (Lipinski definition) is 3. The lowest BCUT2D eigenvalue weighted by Gasteiger charge is -2.28. The summed E-state index contributed by atoms with van der Waals surface area (Å²) < 4.78 is 4.64. The van der Waals surface area contributed by atoms with Crippen LogP contribution in [0, 0.1) is 5.92 Å². The van der Waals surface area contributed by atoms with Crippen molar-refractivity contribution in [3.63, 3.8) is 0 Å². The first-order chi connectivity index (χ1) is 6.40. The standard InChI is InChI=1S/C10H20BrNO2/c1-7(2)8(3)12(4)6-9(11)10(13)14-5/h7-9H,6H2,1-5H3. The number of carbonyl (C=O) groups is 1. The number of methoxy groups -OCH3 is 1. The summed E-state index contributed by atoms with van der Waals surface area (Å²) in [6.07, 6.45) is 0. The van der Waals surface area contributed by atoms with Gasteiger partial charge < -0.3 is 9.64 Å². The molecule has 0 aromatic heterocycles. The van der Waals surface area contributed by atoms with Crippen LogP contribution in [0.15, 0.2) is 0 Å². The van der Waals surface area contributed by atoms with Crippen molar-refractivity contribution in [1.82, 2.24) is 4.90 Å². The van der Waals surface area contributed by atoms with Crippen molar-refractivity contribution < 1.29 is 9.53 Å². The topological polar surface area (TPSA) is 29.5 Å². The number of rotatable bonds is 5. The van der Waals surface area contributed by atoms with E-state index in [0.717, 1.165) is 0 Å². The fourth-order valence-corrected chi connectivity index (χ4v) is 1.77. The SMILES string of the molecule is COC(=O)C(Br)CN(C)C(C)C(C)C. The van der Waals surface area contributed by atoms with Gasteiger partial charge in [-0.1, -0.05) is 29.8 Å². The van der Waals surface area contributed by atoms with Crippen molar-refractivity contribution >= 4 is 21.9 Å². The Balaban J connectivity index is 4.05. The van der Waals surface area contributed by atoms with E-state index in [4.69, 9.17) is 0 Å². The molecule has 0 saturated heterocycles. The third-order valence-electron chi connectivity index (χ3n) is 2.57. The van der Waals surface area contributed by atoms with Crippen LogP contribution in [0.2, 0.25) is 0 Å². The molecule has 0 aromatic carbocycles. The average molecular weight is 266 g/mol. The zero-order chi connectivity index (χ0) is 11.3. The van der Waals surface area contributed by atoms with E-state index in [-0.39, 0.29) is 10.8 Å². The highest BCUT2D eigenvalue weighted by Crippen LogP contribution is 2.11. The van der Waals surface area contributed by atoms with Crippen molar-refractivity contribution in [3.05, 3.63) is 0 Å². The molecule has 0 fully saturated rings. The molecule has 2 atom stereocenters. The van der Waals surface area contributed by atoms with E-state index in [1.54, 1.807) is 0 Å². The zero-order valence-electron chi connectivity index (χ0n) is 9.58. The Morgan fingerprint density at radius 2 is 1.93 bits per heavy atom. The molecule has 0 heterocycles. The van der Waals surface area contributed by atoms with Crippen LogP contribution in [0.5, 0.6) is 0 Å². The van der Waals surface area contributed by atoms with Crippen molar-refractivity contribution in [2.45, 2.75) is 31.6 Å². The third-order valence-corrected chi connectivity index (χ3v) is 3.23. The van der Waals surface area contributed by atoms with Gasteiger partial charge >= 0.3 is 5.97 Å². The van der Waals surface area contributed by atoms with Gasteiger partial charge in [-0.2, -0.15) is 0 Å². The molecule has 0 aromatic rings. The van der Waals surface area contributed by atoms with Crippen LogP contribution in [-0.4, -0.2) is 42.4 Å². The molecule has 0 radical (unpaired) electrons. The number of alkyl halides is 1. The largest absolute Gasteiger partial charge is 0.468 e. The van der Waals surface area contributed by atoms with Crippen molar-refractivity contribution in [2.24, 2.45) is 5.92 Å². The minimum Gasteiger partial charge on any atom is -0.468 e. The van der Waals surface area contributed by atoms with Crippen LogP contribution >= 0.6 is 15.9 Å². The number of esters is 1. The smallest absolute Gasteiger partial charge is 0.320 e. The number of ether oxygens (including phenoxy) is 1. The molecule has 0 saturated carbocycles. The van der Waals surface area contributed by atoms with Crippen LogP contribution in [0.25, 0.3) is 0 Å². The van der Waals surface area contributed by atoms with Gasteiger partial charge in [-0.05, 0) is 19.9 Å². The minimum atomic E-state index is -0.237. The molecule has 0 N–H and O–H groups in total. The van der Waals surface area contributed by atoms with E-state index >= 15 is 0 Å². The Morgan fingerprint density at radius 3 is 2.29 bits per heavy atom. The Hall–Kier alpha value is -0.0900. The van der Waals surface area contributed by atoms with E-state index in [1.807, 2.05) is 7.05 Å². The number of nitrogens with zero attached hydrogens (tertiary/aromatic N) is 1. The fourth-order valence-electron chi connectivity index (χ4n) is 1.13. The molecule has 0 aliphatic heterocycles. The van der Waals surface area contributed by atoms with E-state index in [1.165, 1.54) is 7.11 Å². The summed E-state index contributed by atoms with van der Waals surface area (Å²) in [5.74, 6) is 0.366. The van der Waals surface area contributed by atoms with Crippen molar-refractivity contribution in [3.8, 4) is 0 Å². The highest BCUT2D eigenvalue weighted by atomic mass is 79.9. The maximum absolute atomic E-state index is 11.1. The quantitative estimate of drug-likeness (QED) is 0.562. The van der Waals surface area contributed by atoms with Gasteiger partial charge in [0.2, 0.25) is 0 Å². The molecule has 3 nitrogen and oxygen atoms in total. The summed E-state index contributed by atoms with van der Waals surface area (Å²) in [4.78, 5) is 13.1. The predicted octanol–water partition coefficient (Wildman–Crippen LogP) is 1.90. The van der Waals surface area contributed by atoms with E-state index in [9.17, 15) is 4.79 Å². The molecule has 0 aliphatic rings. The van der Waals surface area contributed by atoms with Gasteiger partial charge in [0.25, 0.3) is 0 Å². The molecular formula is C10H20BrNO2. The number of halogens is 1. The Kier molecular flexibility index (Phi) is 6.36. The van der Waals surface area contributed by atoms with Crippen molar-refractivity contribution in [2.75, 3.05) is 20.7 Å². The molecule has 4 heteroatoms. The molecule has 84 valence electrons. The first-order valence-electron chi connectivity index (χ1n) is 4.82. The summed E-state index contributed by atoms with van der Waals surface area (Å²) in [7, 11) is 3.42. The van der Waals surface area contributed by atoms with Crippen LogP contribution in [0.1, 0.15) is 20.8 Å². The normalized spacial score (nSPS) is 15.7. The fraction of sp³-hybridized carbons (Fsp3) is 0.900. The summed E-state index contributed by atoms with van der Waals surface area (Å²) in [5, 5.41) is 0. The van der Waals surface area contributed by atoms with Gasteiger partial charge in [0.1, 0.15) is 4.83 Å². The van der Waals surface area contributed by atoms with Crippen LogP contribution in [0.4, 0.5) is 0 Å². The molecule has 2 unspecified atom stereocenters. The Bertz CT molecular complexity index is 185.